The molecule has 0 aliphatic rings. The lowest BCUT2D eigenvalue weighted by Gasteiger charge is -2.35. The molecule has 0 aliphatic carbocycles. The van der Waals surface area contributed by atoms with Crippen LogP contribution in [0.15, 0.2) is 36.4 Å². The number of hydrogen-bond donors (Lipinski definition) is 1. The van der Waals surface area contributed by atoms with Crippen LogP contribution in [0.4, 0.5) is 17.6 Å². The number of benzene rings is 2. The van der Waals surface area contributed by atoms with Crippen molar-refractivity contribution >= 4 is 11.8 Å². The predicted octanol–water partition coefficient (Wildman–Crippen LogP) is 3.83. The smallest absolute Gasteiger partial charge is 0.267 e. The lowest BCUT2D eigenvalue weighted by molar-refractivity contribution is 0.0353. The van der Waals surface area contributed by atoms with Crippen molar-refractivity contribution in [2.45, 2.75) is 26.3 Å². The molecule has 2 amide bonds. The van der Waals surface area contributed by atoms with Gasteiger partial charge in [0, 0.05) is 5.56 Å². The van der Waals surface area contributed by atoms with Crippen LogP contribution >= 0.6 is 0 Å². The van der Waals surface area contributed by atoms with Crippen LogP contribution in [0.3, 0.4) is 0 Å². The van der Waals surface area contributed by atoms with Gasteiger partial charge in [-0.05, 0) is 39.0 Å². The van der Waals surface area contributed by atoms with E-state index < -0.39 is 46.2 Å². The summed E-state index contributed by atoms with van der Waals surface area (Å²) in [5, 5.41) is 0.734. The molecule has 2 aromatic rings. The second-order valence-electron chi connectivity index (χ2n) is 6.47. The molecule has 26 heavy (non-hydrogen) atoms. The minimum atomic E-state index is -2.10. The number of rotatable bonds is 2. The van der Waals surface area contributed by atoms with Crippen LogP contribution < -0.4 is 5.43 Å². The summed E-state index contributed by atoms with van der Waals surface area (Å²) < 4.78 is 54.0. The fraction of sp³-hybridized carbons (Fsp3) is 0.222. The van der Waals surface area contributed by atoms with Gasteiger partial charge in [0.05, 0.1) is 11.1 Å². The van der Waals surface area contributed by atoms with Crippen molar-refractivity contribution in [2.24, 2.45) is 0 Å². The SMILES string of the molecule is CC(C)(C)N(NC(=O)c1ccccc1)C(=O)c1cc(F)c(F)c(F)c1F. The molecule has 0 fully saturated rings. The topological polar surface area (TPSA) is 49.4 Å². The van der Waals surface area contributed by atoms with E-state index in [0.29, 0.717) is 0 Å². The summed E-state index contributed by atoms with van der Waals surface area (Å²) in [4.78, 5) is 24.9. The Morgan fingerprint density at radius 3 is 2.04 bits per heavy atom. The molecule has 1 N–H and O–H groups in total. The molecular formula is C18H16F4N2O2. The average molecular weight is 368 g/mol. The van der Waals surface area contributed by atoms with Crippen LogP contribution in [0.5, 0.6) is 0 Å². The highest BCUT2D eigenvalue weighted by Crippen LogP contribution is 2.22. The van der Waals surface area contributed by atoms with Gasteiger partial charge in [-0.1, -0.05) is 18.2 Å². The third-order valence-electron chi connectivity index (χ3n) is 3.46. The van der Waals surface area contributed by atoms with Crippen LogP contribution in [0.25, 0.3) is 0 Å². The molecule has 2 rings (SSSR count). The molecule has 0 unspecified atom stereocenters. The fourth-order valence-electron chi connectivity index (χ4n) is 2.13. The van der Waals surface area contributed by atoms with Gasteiger partial charge in [0.2, 0.25) is 0 Å². The second kappa shape index (κ2) is 7.15. The molecule has 0 saturated heterocycles. The minimum absolute atomic E-state index is 0.214. The molecule has 0 atom stereocenters. The number of carbonyl (C=O) groups is 2. The molecule has 2 aromatic carbocycles. The van der Waals surface area contributed by atoms with Gasteiger partial charge in [0.15, 0.2) is 23.3 Å². The maximum atomic E-state index is 14.0. The maximum Gasteiger partial charge on any atom is 0.275 e. The van der Waals surface area contributed by atoms with Crippen molar-refractivity contribution in [3.8, 4) is 0 Å². The van der Waals surface area contributed by atoms with E-state index in [9.17, 15) is 27.2 Å². The molecule has 0 aliphatic heterocycles. The van der Waals surface area contributed by atoms with Gasteiger partial charge >= 0.3 is 0 Å². The van der Waals surface area contributed by atoms with Gasteiger partial charge in [-0.15, -0.1) is 0 Å². The summed E-state index contributed by atoms with van der Waals surface area (Å²) in [6.07, 6.45) is 0. The molecule has 0 heterocycles. The molecule has 0 spiro atoms. The van der Waals surface area contributed by atoms with Crippen LogP contribution in [-0.4, -0.2) is 22.4 Å². The van der Waals surface area contributed by atoms with Crippen molar-refractivity contribution in [3.05, 3.63) is 70.8 Å². The van der Waals surface area contributed by atoms with E-state index in [1.165, 1.54) is 32.9 Å². The van der Waals surface area contributed by atoms with E-state index in [4.69, 9.17) is 0 Å². The van der Waals surface area contributed by atoms with Crippen LogP contribution in [-0.2, 0) is 0 Å². The molecular weight excluding hydrogens is 352 g/mol. The number of amides is 2. The van der Waals surface area contributed by atoms with E-state index in [0.717, 1.165) is 5.01 Å². The summed E-state index contributed by atoms with van der Waals surface area (Å²) in [5.41, 5.74) is 0.395. The average Bonchev–Trinajstić information content (AvgIpc) is 2.60. The lowest BCUT2D eigenvalue weighted by atomic mass is 10.1. The number of halogens is 4. The summed E-state index contributed by atoms with van der Waals surface area (Å²) in [5.74, 6) is -9.58. The van der Waals surface area contributed by atoms with Crippen molar-refractivity contribution in [1.29, 1.82) is 0 Å². The standard InChI is InChI=1S/C18H16F4N2O2/c1-18(2,3)24(23-16(25)10-7-5-4-6-8-10)17(26)11-9-12(19)14(21)15(22)13(11)20/h4-9H,1-3H3,(H,23,25). The Kier molecular flexibility index (Phi) is 5.34. The number of hydrogen-bond acceptors (Lipinski definition) is 2. The number of nitrogens with zero attached hydrogens (tertiary/aromatic N) is 1. The van der Waals surface area contributed by atoms with Gasteiger partial charge in [-0.2, -0.15) is 0 Å². The van der Waals surface area contributed by atoms with E-state index in [2.05, 4.69) is 5.43 Å². The van der Waals surface area contributed by atoms with Crippen molar-refractivity contribution in [2.75, 3.05) is 0 Å². The molecule has 8 heteroatoms. The minimum Gasteiger partial charge on any atom is -0.267 e. The van der Waals surface area contributed by atoms with Crippen molar-refractivity contribution in [3.63, 3.8) is 0 Å². The molecule has 0 bridgehead atoms. The fourth-order valence-corrected chi connectivity index (χ4v) is 2.13. The molecule has 138 valence electrons. The Morgan fingerprint density at radius 1 is 0.923 bits per heavy atom. The highest BCUT2D eigenvalue weighted by Gasteiger charge is 2.33. The summed E-state index contributed by atoms with van der Waals surface area (Å²) in [7, 11) is 0. The van der Waals surface area contributed by atoms with Crippen molar-refractivity contribution in [1.82, 2.24) is 10.4 Å². The predicted molar refractivity (Wildman–Crippen MR) is 86.1 cm³/mol. The molecule has 4 nitrogen and oxygen atoms in total. The third kappa shape index (κ3) is 3.84. The zero-order valence-corrected chi connectivity index (χ0v) is 14.2. The van der Waals surface area contributed by atoms with Gasteiger partial charge < -0.3 is 0 Å². The van der Waals surface area contributed by atoms with E-state index >= 15 is 0 Å². The monoisotopic (exact) mass is 368 g/mol. The summed E-state index contributed by atoms with van der Waals surface area (Å²) >= 11 is 0. The Morgan fingerprint density at radius 2 is 1.50 bits per heavy atom. The quantitative estimate of drug-likeness (QED) is 0.379. The highest BCUT2D eigenvalue weighted by molar-refractivity contribution is 5.99. The van der Waals surface area contributed by atoms with Crippen LogP contribution in [0, 0.1) is 23.3 Å². The first-order valence-electron chi connectivity index (χ1n) is 7.57. The zero-order chi connectivity index (χ0) is 19.6. The normalized spacial score (nSPS) is 11.2. The lowest BCUT2D eigenvalue weighted by Crippen LogP contribution is -2.56. The van der Waals surface area contributed by atoms with E-state index in [-0.39, 0.29) is 11.6 Å². The van der Waals surface area contributed by atoms with Crippen LogP contribution in [0.2, 0.25) is 0 Å². The first kappa shape index (κ1) is 19.4. The van der Waals surface area contributed by atoms with E-state index in [1.807, 2.05) is 0 Å². The molecule has 0 radical (unpaired) electrons. The van der Waals surface area contributed by atoms with Crippen molar-refractivity contribution < 1.29 is 27.2 Å². The Hall–Kier alpha value is -2.90. The van der Waals surface area contributed by atoms with Gasteiger partial charge in [-0.3, -0.25) is 15.0 Å². The first-order valence-corrected chi connectivity index (χ1v) is 7.57. The largest absolute Gasteiger partial charge is 0.275 e. The first-order chi connectivity index (χ1) is 12.0. The zero-order valence-electron chi connectivity index (χ0n) is 14.2. The maximum absolute atomic E-state index is 14.0. The Bertz CT molecular complexity index is 849. The van der Waals surface area contributed by atoms with E-state index in [1.54, 1.807) is 18.2 Å². The summed E-state index contributed by atoms with van der Waals surface area (Å²) in [6.45, 7) is 4.55. The molecule has 0 saturated carbocycles. The summed E-state index contributed by atoms with van der Waals surface area (Å²) in [6, 6.07) is 8.11. The Labute approximate surface area is 147 Å². The molecule has 0 aromatic heterocycles. The number of hydrazine groups is 1. The van der Waals surface area contributed by atoms with Gasteiger partial charge in [-0.25, -0.2) is 22.6 Å². The van der Waals surface area contributed by atoms with Gasteiger partial charge in [0.1, 0.15) is 0 Å². The van der Waals surface area contributed by atoms with Crippen LogP contribution in [0.1, 0.15) is 41.5 Å². The number of nitrogens with one attached hydrogen (secondary N) is 1. The second-order valence-corrected chi connectivity index (χ2v) is 6.47. The highest BCUT2D eigenvalue weighted by atomic mass is 19.2. The number of carbonyl (C=O) groups excluding carboxylic acids is 2. The van der Waals surface area contributed by atoms with Gasteiger partial charge in [0.25, 0.3) is 11.8 Å². The Balaban J connectivity index is 2.42. The third-order valence-corrected chi connectivity index (χ3v) is 3.46.